The van der Waals surface area contributed by atoms with Crippen LogP contribution in [0.2, 0.25) is 0 Å². The lowest BCUT2D eigenvalue weighted by molar-refractivity contribution is 0.588. The summed E-state index contributed by atoms with van der Waals surface area (Å²) in [7, 11) is 0. The molecule has 9 nitrogen and oxygen atoms in total. The summed E-state index contributed by atoms with van der Waals surface area (Å²) in [5, 5.41) is 18.0. The summed E-state index contributed by atoms with van der Waals surface area (Å²) < 4.78 is 17.1. The summed E-state index contributed by atoms with van der Waals surface area (Å²) >= 11 is 0. The van der Waals surface area contributed by atoms with Crippen molar-refractivity contribution < 1.29 is 4.39 Å². The lowest BCUT2D eigenvalue weighted by Crippen LogP contribution is -2.32. The SMILES string of the molecule is CCC1c2nncn2-c2cnc(-n3ccnc3-c3ccc(F)cc3)nc2N1c1cccc(C#N)c1. The first kappa shape index (κ1) is 20.7. The van der Waals surface area contributed by atoms with Gasteiger partial charge < -0.3 is 4.90 Å². The summed E-state index contributed by atoms with van der Waals surface area (Å²) in [5.41, 5.74) is 2.84. The van der Waals surface area contributed by atoms with Crippen molar-refractivity contribution in [3.8, 4) is 29.1 Å². The summed E-state index contributed by atoms with van der Waals surface area (Å²) in [6.45, 7) is 2.07. The van der Waals surface area contributed by atoms with E-state index in [1.54, 1.807) is 47.7 Å². The predicted molar refractivity (Wildman–Crippen MR) is 126 cm³/mol. The highest BCUT2D eigenvalue weighted by Crippen LogP contribution is 2.43. The van der Waals surface area contributed by atoms with Gasteiger partial charge in [-0.2, -0.15) is 10.2 Å². The average Bonchev–Trinajstić information content (AvgIpc) is 3.58. The Morgan fingerprint density at radius 3 is 2.74 bits per heavy atom. The zero-order valence-electron chi connectivity index (χ0n) is 18.6. The number of benzene rings is 2. The van der Waals surface area contributed by atoms with Gasteiger partial charge in [0.05, 0.1) is 23.9 Å². The number of nitriles is 1. The second-order valence-electron chi connectivity index (χ2n) is 8.02. The van der Waals surface area contributed by atoms with Crippen molar-refractivity contribution in [2.24, 2.45) is 0 Å². The number of hydrogen-bond donors (Lipinski definition) is 0. The van der Waals surface area contributed by atoms with Crippen LogP contribution in [0, 0.1) is 17.1 Å². The second kappa shape index (κ2) is 8.14. The van der Waals surface area contributed by atoms with E-state index in [1.165, 1.54) is 12.1 Å². The van der Waals surface area contributed by atoms with E-state index in [0.29, 0.717) is 23.2 Å². The van der Waals surface area contributed by atoms with Crippen LogP contribution in [0.5, 0.6) is 0 Å². The van der Waals surface area contributed by atoms with E-state index in [1.807, 2.05) is 22.8 Å². The maximum Gasteiger partial charge on any atom is 0.237 e. The molecule has 0 fully saturated rings. The largest absolute Gasteiger partial charge is 0.314 e. The molecule has 2 aromatic carbocycles. The van der Waals surface area contributed by atoms with E-state index in [4.69, 9.17) is 4.98 Å². The molecule has 0 bridgehead atoms. The molecule has 0 saturated carbocycles. The van der Waals surface area contributed by atoms with Gasteiger partial charge in [0.15, 0.2) is 11.6 Å². The van der Waals surface area contributed by atoms with Crippen LogP contribution in [0.4, 0.5) is 15.9 Å². The predicted octanol–water partition coefficient (Wildman–Crippen LogP) is 4.52. The van der Waals surface area contributed by atoms with Crippen molar-refractivity contribution in [3.63, 3.8) is 0 Å². The van der Waals surface area contributed by atoms with Crippen LogP contribution in [-0.4, -0.2) is 34.3 Å². The number of anilines is 2. The van der Waals surface area contributed by atoms with Gasteiger partial charge in [0, 0.05) is 23.6 Å². The van der Waals surface area contributed by atoms with Gasteiger partial charge in [0.2, 0.25) is 5.95 Å². The van der Waals surface area contributed by atoms with Crippen LogP contribution in [0.25, 0.3) is 23.0 Å². The fourth-order valence-corrected chi connectivity index (χ4v) is 4.41. The van der Waals surface area contributed by atoms with Crippen molar-refractivity contribution in [2.75, 3.05) is 4.90 Å². The summed E-state index contributed by atoms with van der Waals surface area (Å²) in [6.07, 6.45) is 7.55. The third kappa shape index (κ3) is 3.33. The van der Waals surface area contributed by atoms with E-state index >= 15 is 0 Å². The fourth-order valence-electron chi connectivity index (χ4n) is 4.41. The molecule has 0 N–H and O–H groups in total. The molecule has 6 rings (SSSR count). The summed E-state index contributed by atoms with van der Waals surface area (Å²) in [6, 6.07) is 15.6. The van der Waals surface area contributed by atoms with Gasteiger partial charge >= 0.3 is 0 Å². The van der Waals surface area contributed by atoms with Crippen LogP contribution in [0.1, 0.15) is 30.8 Å². The third-order valence-corrected chi connectivity index (χ3v) is 6.01. The Kier molecular flexibility index (Phi) is 4.81. The average molecular weight is 463 g/mol. The maximum atomic E-state index is 13.5. The smallest absolute Gasteiger partial charge is 0.237 e. The summed E-state index contributed by atoms with van der Waals surface area (Å²) in [4.78, 5) is 16.1. The van der Waals surface area contributed by atoms with Crippen molar-refractivity contribution in [1.29, 1.82) is 5.26 Å². The molecule has 35 heavy (non-hydrogen) atoms. The monoisotopic (exact) mass is 463 g/mol. The molecular formula is C25H18FN9. The van der Waals surface area contributed by atoms with E-state index < -0.39 is 0 Å². The van der Waals surface area contributed by atoms with Crippen LogP contribution in [0.15, 0.2) is 73.4 Å². The Morgan fingerprint density at radius 2 is 1.94 bits per heavy atom. The molecule has 0 aliphatic carbocycles. The van der Waals surface area contributed by atoms with Gasteiger partial charge in [-0.25, -0.2) is 14.4 Å². The topological polar surface area (TPSA) is 101 Å². The first-order chi connectivity index (χ1) is 17.2. The molecule has 1 unspecified atom stereocenters. The Hall–Kier alpha value is -4.91. The quantitative estimate of drug-likeness (QED) is 0.386. The molecule has 5 aromatic rings. The van der Waals surface area contributed by atoms with Gasteiger partial charge in [0.25, 0.3) is 0 Å². The highest BCUT2D eigenvalue weighted by atomic mass is 19.1. The van der Waals surface area contributed by atoms with Crippen molar-refractivity contribution in [3.05, 3.63) is 90.7 Å². The first-order valence-electron chi connectivity index (χ1n) is 11.0. The minimum Gasteiger partial charge on any atom is -0.314 e. The molecule has 170 valence electrons. The zero-order valence-corrected chi connectivity index (χ0v) is 18.6. The molecule has 1 atom stereocenters. The maximum absolute atomic E-state index is 13.5. The van der Waals surface area contributed by atoms with Gasteiger partial charge in [0.1, 0.15) is 23.7 Å². The number of hydrogen-bond acceptors (Lipinski definition) is 7. The van der Waals surface area contributed by atoms with Gasteiger partial charge in [-0.05, 0) is 48.9 Å². The van der Waals surface area contributed by atoms with Crippen molar-refractivity contribution >= 4 is 11.5 Å². The number of halogens is 1. The molecule has 3 aromatic heterocycles. The molecule has 0 spiro atoms. The molecule has 1 aliphatic rings. The van der Waals surface area contributed by atoms with E-state index in [-0.39, 0.29) is 11.9 Å². The van der Waals surface area contributed by atoms with Crippen LogP contribution >= 0.6 is 0 Å². The van der Waals surface area contributed by atoms with E-state index in [9.17, 15) is 9.65 Å². The molecule has 0 amide bonds. The highest BCUT2D eigenvalue weighted by Gasteiger charge is 2.35. The molecular weight excluding hydrogens is 445 g/mol. The van der Waals surface area contributed by atoms with Crippen LogP contribution < -0.4 is 4.90 Å². The zero-order chi connectivity index (χ0) is 23.9. The minimum atomic E-state index is -0.317. The van der Waals surface area contributed by atoms with Crippen LogP contribution in [0.3, 0.4) is 0 Å². The number of aromatic nitrogens is 7. The minimum absolute atomic E-state index is 0.152. The Bertz CT molecular complexity index is 1580. The standard InChI is InChI=1S/C25H18FN9/c1-2-20-24-32-30-15-34(24)21-14-29-25(31-23(21)35(20)19-5-3-4-16(12-19)13-27)33-11-10-28-22(33)17-6-8-18(26)9-7-17/h3-12,14-15,20H,2H2,1H3. The molecule has 1 aliphatic heterocycles. The molecule has 0 saturated heterocycles. The van der Waals surface area contributed by atoms with Gasteiger partial charge in [-0.3, -0.25) is 9.13 Å². The number of fused-ring (bicyclic) bond motifs is 3. The normalized spacial score (nSPS) is 14.3. The Morgan fingerprint density at radius 1 is 1.09 bits per heavy atom. The third-order valence-electron chi connectivity index (χ3n) is 6.01. The number of rotatable bonds is 4. The van der Waals surface area contributed by atoms with Gasteiger partial charge in [-0.15, -0.1) is 10.2 Å². The fraction of sp³-hybridized carbons (Fsp3) is 0.120. The highest BCUT2D eigenvalue weighted by molar-refractivity contribution is 5.72. The van der Waals surface area contributed by atoms with Crippen molar-refractivity contribution in [2.45, 2.75) is 19.4 Å². The molecule has 4 heterocycles. The first-order valence-corrected chi connectivity index (χ1v) is 11.0. The number of nitrogens with zero attached hydrogens (tertiary/aromatic N) is 9. The molecule has 0 radical (unpaired) electrons. The second-order valence-corrected chi connectivity index (χ2v) is 8.02. The van der Waals surface area contributed by atoms with Crippen molar-refractivity contribution in [1.82, 2.24) is 34.3 Å². The Labute approximate surface area is 199 Å². The van der Waals surface area contributed by atoms with E-state index in [0.717, 1.165) is 29.2 Å². The van der Waals surface area contributed by atoms with Crippen LogP contribution in [-0.2, 0) is 0 Å². The molecule has 10 heteroatoms. The lowest BCUT2D eigenvalue weighted by Gasteiger charge is -2.36. The summed E-state index contributed by atoms with van der Waals surface area (Å²) in [5.74, 6) is 2.11. The van der Waals surface area contributed by atoms with Gasteiger partial charge in [-0.1, -0.05) is 13.0 Å². The lowest BCUT2D eigenvalue weighted by atomic mass is 10.1. The Balaban J connectivity index is 1.55. The number of imidazole rings is 1. The van der Waals surface area contributed by atoms with E-state index in [2.05, 4.69) is 38.1 Å².